The minimum Gasteiger partial charge on any atom is -0.422 e. The van der Waals surface area contributed by atoms with E-state index in [9.17, 15) is 4.79 Å². The van der Waals surface area contributed by atoms with E-state index in [1.807, 2.05) is 60.7 Å². The Labute approximate surface area is 190 Å². The molecule has 1 aliphatic heterocycles. The Morgan fingerprint density at radius 1 is 0.656 bits per heavy atom. The third-order valence-electron chi connectivity index (χ3n) is 6.49. The van der Waals surface area contributed by atoms with Crippen molar-refractivity contribution in [2.45, 2.75) is 17.7 Å². The molecule has 6 rings (SSSR count). The summed E-state index contributed by atoms with van der Waals surface area (Å²) in [6.45, 7) is 0. The van der Waals surface area contributed by atoms with Gasteiger partial charge in [-0.3, -0.25) is 0 Å². The molecule has 158 valence electrons. The molecule has 2 nitrogen and oxygen atoms in total. The van der Waals surface area contributed by atoms with Gasteiger partial charge in [0.25, 0.3) is 0 Å². The Balaban J connectivity index is 1.48. The number of rotatable bonds is 3. The maximum atomic E-state index is 13.6. The monoisotopic (exact) mass is 436 g/mol. The molecule has 1 fully saturated rings. The Morgan fingerprint density at radius 2 is 1.22 bits per heavy atom. The van der Waals surface area contributed by atoms with Gasteiger partial charge < -0.3 is 4.74 Å². The number of benzene rings is 5. The second kappa shape index (κ2) is 7.99. The molecule has 3 heteroatoms. The van der Waals surface area contributed by atoms with Crippen molar-refractivity contribution in [2.24, 2.45) is 0 Å². The van der Waals surface area contributed by atoms with Crippen LogP contribution in [0.2, 0.25) is 0 Å². The van der Waals surface area contributed by atoms with Gasteiger partial charge in [-0.25, -0.2) is 15.7 Å². The molecule has 0 atom stereocenters. The average Bonchev–Trinajstić information content (AvgIpc) is 3.37. The first-order valence-electron chi connectivity index (χ1n) is 11.2. The zero-order chi connectivity index (χ0) is 21.5. The number of esters is 1. The van der Waals surface area contributed by atoms with Gasteiger partial charge in [0.15, 0.2) is 0 Å². The molecule has 0 saturated carbocycles. The van der Waals surface area contributed by atoms with Gasteiger partial charge in [-0.05, 0) is 74.4 Å². The molecule has 5 aromatic carbocycles. The van der Waals surface area contributed by atoms with Crippen LogP contribution in [0.4, 0.5) is 0 Å². The molecule has 0 bridgehead atoms. The normalized spacial score (nSPS) is 14.9. The summed E-state index contributed by atoms with van der Waals surface area (Å²) in [6.07, 6.45) is 2.65. The van der Waals surface area contributed by atoms with E-state index in [4.69, 9.17) is 4.74 Å². The van der Waals surface area contributed by atoms with Crippen LogP contribution in [0, 0.1) is 0 Å². The lowest BCUT2D eigenvalue weighted by Crippen LogP contribution is -2.10. The second-order valence-corrected chi connectivity index (χ2v) is 10.9. The van der Waals surface area contributed by atoms with E-state index in [0.717, 1.165) is 26.9 Å². The zero-order valence-electron chi connectivity index (χ0n) is 17.8. The Hall–Kier alpha value is -3.30. The fourth-order valence-electron chi connectivity index (χ4n) is 4.96. The number of hydrogen-bond donors (Lipinski definition) is 1. The summed E-state index contributed by atoms with van der Waals surface area (Å²) in [7, 11) is -0.104. The number of fused-ring (bicyclic) bond motifs is 3. The van der Waals surface area contributed by atoms with Crippen molar-refractivity contribution in [3.63, 3.8) is 0 Å². The van der Waals surface area contributed by atoms with Gasteiger partial charge in [-0.15, -0.1) is 0 Å². The van der Waals surface area contributed by atoms with Crippen LogP contribution in [0.3, 0.4) is 0 Å². The van der Waals surface area contributed by atoms with Crippen LogP contribution in [0.5, 0.6) is 5.75 Å². The molecule has 1 saturated heterocycles. The first kappa shape index (κ1) is 19.4. The standard InChI is InChI=1S/C29H24O2S/c30-29(28-22-11-3-1-9-20(22)19-21-10-2-4-12-23(21)28)31-26-15-16-27(32-17-7-8-18-32)25-14-6-5-13-24(25)26/h1-6,9-16,19,32H,7-8,17-18H2. The molecule has 0 radical (unpaired) electrons. The second-order valence-electron chi connectivity index (χ2n) is 8.41. The first-order chi connectivity index (χ1) is 15.8. The topological polar surface area (TPSA) is 26.3 Å². The molecule has 5 aromatic rings. The fourth-order valence-corrected chi connectivity index (χ4v) is 7.70. The van der Waals surface area contributed by atoms with Gasteiger partial charge >= 0.3 is 5.97 Å². The first-order valence-corrected chi connectivity index (χ1v) is 12.9. The third kappa shape index (κ3) is 3.25. The Bertz CT molecular complexity index is 1430. The van der Waals surface area contributed by atoms with Crippen LogP contribution in [-0.2, 0) is 0 Å². The van der Waals surface area contributed by atoms with E-state index in [-0.39, 0.29) is 16.9 Å². The maximum Gasteiger partial charge on any atom is 0.344 e. The van der Waals surface area contributed by atoms with Crippen LogP contribution >= 0.6 is 10.9 Å². The molecule has 0 spiro atoms. The third-order valence-corrected chi connectivity index (χ3v) is 9.27. The molecule has 0 amide bonds. The zero-order valence-corrected chi connectivity index (χ0v) is 18.6. The number of carbonyl (C=O) groups excluding carboxylic acids is 1. The highest BCUT2D eigenvalue weighted by atomic mass is 32.2. The highest BCUT2D eigenvalue weighted by Crippen LogP contribution is 2.47. The number of carbonyl (C=O) groups is 1. The number of ether oxygens (including phenoxy) is 1. The lowest BCUT2D eigenvalue weighted by atomic mass is 9.97. The van der Waals surface area contributed by atoms with Gasteiger partial charge in [0.1, 0.15) is 5.75 Å². The fraction of sp³-hybridized carbons (Fsp3) is 0.138. The molecule has 0 aromatic heterocycles. The molecule has 0 N–H and O–H groups in total. The van der Waals surface area contributed by atoms with E-state index in [1.54, 1.807) is 0 Å². The van der Waals surface area contributed by atoms with Crippen LogP contribution in [-0.4, -0.2) is 17.5 Å². The Morgan fingerprint density at radius 3 is 1.88 bits per heavy atom. The summed E-state index contributed by atoms with van der Waals surface area (Å²) in [5.41, 5.74) is 0.632. The molecule has 0 aliphatic carbocycles. The van der Waals surface area contributed by atoms with Crippen molar-refractivity contribution in [2.75, 3.05) is 11.5 Å². The molecule has 0 unspecified atom stereocenters. The van der Waals surface area contributed by atoms with Gasteiger partial charge in [0.2, 0.25) is 0 Å². The maximum absolute atomic E-state index is 13.6. The SMILES string of the molecule is O=C(Oc1ccc([SH]2CCCC2)c2ccccc12)c1c2ccccc2cc2ccccc12. The van der Waals surface area contributed by atoms with Crippen LogP contribution in [0.1, 0.15) is 23.2 Å². The van der Waals surface area contributed by atoms with E-state index in [2.05, 4.69) is 30.3 Å². The van der Waals surface area contributed by atoms with Crippen molar-refractivity contribution in [3.05, 3.63) is 96.6 Å². The number of hydrogen-bond acceptors (Lipinski definition) is 2. The smallest absolute Gasteiger partial charge is 0.344 e. The molecule has 32 heavy (non-hydrogen) atoms. The van der Waals surface area contributed by atoms with Crippen molar-refractivity contribution in [3.8, 4) is 5.75 Å². The summed E-state index contributed by atoms with van der Waals surface area (Å²) < 4.78 is 6.12. The van der Waals surface area contributed by atoms with Crippen LogP contribution < -0.4 is 4.74 Å². The summed E-state index contributed by atoms with van der Waals surface area (Å²) >= 11 is 0. The molecular formula is C29H24O2S. The van der Waals surface area contributed by atoms with E-state index < -0.39 is 0 Å². The quantitative estimate of drug-likeness (QED) is 0.137. The average molecular weight is 437 g/mol. The molecule has 1 aliphatic rings. The van der Waals surface area contributed by atoms with Gasteiger partial charge in [-0.2, -0.15) is 0 Å². The van der Waals surface area contributed by atoms with Crippen molar-refractivity contribution in [1.29, 1.82) is 0 Å². The van der Waals surface area contributed by atoms with Crippen LogP contribution in [0.25, 0.3) is 32.3 Å². The van der Waals surface area contributed by atoms with Crippen molar-refractivity contribution >= 4 is 49.2 Å². The van der Waals surface area contributed by atoms with Crippen molar-refractivity contribution in [1.82, 2.24) is 0 Å². The summed E-state index contributed by atoms with van der Waals surface area (Å²) in [6, 6.07) is 30.8. The van der Waals surface area contributed by atoms with Gasteiger partial charge in [-0.1, -0.05) is 72.8 Å². The lowest BCUT2D eigenvalue weighted by Gasteiger charge is -2.19. The predicted octanol–water partition coefficient (Wildman–Crippen LogP) is 7.52. The summed E-state index contributed by atoms with van der Waals surface area (Å²) in [4.78, 5) is 15.1. The highest BCUT2D eigenvalue weighted by Gasteiger charge is 2.20. The van der Waals surface area contributed by atoms with Crippen LogP contribution in [0.15, 0.2) is 95.9 Å². The number of thiol groups is 1. The summed E-state index contributed by atoms with van der Waals surface area (Å²) in [5.74, 6) is 2.95. The molecular weight excluding hydrogens is 412 g/mol. The minimum absolute atomic E-state index is 0.104. The summed E-state index contributed by atoms with van der Waals surface area (Å²) in [5, 5.41) is 6.19. The van der Waals surface area contributed by atoms with E-state index in [0.29, 0.717) is 11.3 Å². The molecule has 1 heterocycles. The van der Waals surface area contributed by atoms with Crippen molar-refractivity contribution < 1.29 is 9.53 Å². The largest absolute Gasteiger partial charge is 0.422 e. The van der Waals surface area contributed by atoms with Gasteiger partial charge in [0.05, 0.1) is 5.56 Å². The van der Waals surface area contributed by atoms with E-state index in [1.165, 1.54) is 34.6 Å². The van der Waals surface area contributed by atoms with E-state index >= 15 is 0 Å². The van der Waals surface area contributed by atoms with Gasteiger partial charge in [0, 0.05) is 5.39 Å². The Kier molecular flexibility index (Phi) is 4.84. The minimum atomic E-state index is -0.303. The highest BCUT2D eigenvalue weighted by molar-refractivity contribution is 8.17. The predicted molar refractivity (Wildman–Crippen MR) is 137 cm³/mol. The lowest BCUT2D eigenvalue weighted by molar-refractivity contribution is 0.0741.